The highest BCUT2D eigenvalue weighted by atomic mass is 32.1. The predicted octanol–water partition coefficient (Wildman–Crippen LogP) is 2.54. The van der Waals surface area contributed by atoms with Crippen LogP contribution in [0.15, 0.2) is 41.4 Å². The second-order valence-corrected chi connectivity index (χ2v) is 7.77. The van der Waals surface area contributed by atoms with Gasteiger partial charge < -0.3 is 9.64 Å². The summed E-state index contributed by atoms with van der Waals surface area (Å²) in [7, 11) is 0. The summed E-state index contributed by atoms with van der Waals surface area (Å²) >= 11 is 1.75. The van der Waals surface area contributed by atoms with Crippen molar-refractivity contribution in [3.63, 3.8) is 0 Å². The van der Waals surface area contributed by atoms with Gasteiger partial charge in [0.15, 0.2) is 0 Å². The van der Waals surface area contributed by atoms with Crippen molar-refractivity contribution in [1.29, 1.82) is 0 Å². The normalized spacial score (nSPS) is 21.0. The predicted molar refractivity (Wildman–Crippen MR) is 97.2 cm³/mol. The van der Waals surface area contributed by atoms with Gasteiger partial charge >= 0.3 is 0 Å². The maximum atomic E-state index is 12.3. The van der Waals surface area contributed by atoms with Crippen LogP contribution < -0.4 is 0 Å². The van der Waals surface area contributed by atoms with Gasteiger partial charge in [0.2, 0.25) is 5.91 Å². The average molecular weight is 357 g/mol. The Balaban J connectivity index is 1.37. The van der Waals surface area contributed by atoms with Crippen molar-refractivity contribution in [2.45, 2.75) is 31.5 Å². The van der Waals surface area contributed by atoms with Crippen molar-refractivity contribution in [3.8, 4) is 0 Å². The van der Waals surface area contributed by atoms with Gasteiger partial charge in [-0.05, 0) is 46.9 Å². The number of pyridine rings is 1. The van der Waals surface area contributed by atoms with Crippen molar-refractivity contribution < 1.29 is 9.53 Å². The zero-order chi connectivity index (χ0) is 17.1. The molecule has 0 aromatic carbocycles. The molecule has 2 aromatic rings. The lowest BCUT2D eigenvalue weighted by Crippen LogP contribution is -2.58. The smallest absolute Gasteiger partial charge is 0.248 e. The minimum Gasteiger partial charge on any atom is -0.363 e. The van der Waals surface area contributed by atoms with E-state index in [4.69, 9.17) is 4.74 Å². The van der Waals surface area contributed by atoms with Crippen molar-refractivity contribution in [1.82, 2.24) is 14.8 Å². The number of carbonyl (C=O) groups excluding carboxylic acids is 1. The highest BCUT2D eigenvalue weighted by Crippen LogP contribution is 2.31. The monoisotopic (exact) mass is 357 g/mol. The summed E-state index contributed by atoms with van der Waals surface area (Å²) < 4.78 is 6.04. The second kappa shape index (κ2) is 7.23. The first-order valence-electron chi connectivity index (χ1n) is 8.77. The van der Waals surface area contributed by atoms with Crippen LogP contribution in [0.5, 0.6) is 0 Å². The summed E-state index contributed by atoms with van der Waals surface area (Å²) in [6, 6.07) is 6.13. The molecular formula is C19H23N3O2S. The number of hydrogen-bond donors (Lipinski definition) is 0. The summed E-state index contributed by atoms with van der Waals surface area (Å²) in [5, 5.41) is 4.35. The van der Waals surface area contributed by atoms with Gasteiger partial charge in [-0.2, -0.15) is 11.3 Å². The van der Waals surface area contributed by atoms with Crippen molar-refractivity contribution in [2.24, 2.45) is 0 Å². The third-order valence-electron chi connectivity index (χ3n) is 5.18. The molecule has 0 unspecified atom stereocenters. The number of thiophene rings is 1. The summed E-state index contributed by atoms with van der Waals surface area (Å²) in [5.74, 6) is 0.0789. The molecule has 2 saturated heterocycles. The summed E-state index contributed by atoms with van der Waals surface area (Å²) in [4.78, 5) is 20.8. The number of aromatic nitrogens is 1. The number of nitrogens with zero attached hydrogens (tertiary/aromatic N) is 3. The number of rotatable bonds is 4. The molecule has 1 spiro atoms. The standard InChI is InChI=1S/C19H23N3O2S/c23-18-13-24-19(15-22(18)12-16-2-1-6-20-10-16)4-7-21(8-5-19)11-17-3-9-25-14-17/h1-3,6,9-10,14H,4-5,7-8,11-13,15H2. The molecule has 5 nitrogen and oxygen atoms in total. The molecule has 0 saturated carbocycles. The molecule has 2 aliphatic heterocycles. The molecule has 2 fully saturated rings. The topological polar surface area (TPSA) is 45.7 Å². The number of ether oxygens (including phenoxy) is 1. The lowest BCUT2D eigenvalue weighted by molar-refractivity contribution is -0.172. The Morgan fingerprint density at radius 1 is 1.20 bits per heavy atom. The van der Waals surface area contributed by atoms with E-state index in [0.717, 1.165) is 38.0 Å². The molecule has 4 rings (SSSR count). The van der Waals surface area contributed by atoms with Crippen molar-refractivity contribution in [2.75, 3.05) is 26.2 Å². The van der Waals surface area contributed by atoms with E-state index >= 15 is 0 Å². The molecule has 0 bridgehead atoms. The van der Waals surface area contributed by atoms with E-state index in [-0.39, 0.29) is 18.1 Å². The fourth-order valence-corrected chi connectivity index (χ4v) is 4.37. The molecule has 6 heteroatoms. The quantitative estimate of drug-likeness (QED) is 0.844. The Morgan fingerprint density at radius 2 is 2.08 bits per heavy atom. The van der Waals surface area contributed by atoms with Gasteiger partial charge in [-0.15, -0.1) is 0 Å². The number of hydrogen-bond acceptors (Lipinski definition) is 5. The molecule has 25 heavy (non-hydrogen) atoms. The van der Waals surface area contributed by atoms with Crippen LogP contribution in [-0.4, -0.2) is 52.5 Å². The van der Waals surface area contributed by atoms with Crippen LogP contribution in [0.1, 0.15) is 24.0 Å². The van der Waals surface area contributed by atoms with E-state index in [1.165, 1.54) is 5.56 Å². The van der Waals surface area contributed by atoms with Crippen LogP contribution in [0.2, 0.25) is 0 Å². The Kier molecular flexibility index (Phi) is 4.83. The lowest BCUT2D eigenvalue weighted by Gasteiger charge is -2.47. The van der Waals surface area contributed by atoms with Crippen LogP contribution >= 0.6 is 11.3 Å². The van der Waals surface area contributed by atoms with Gasteiger partial charge in [-0.25, -0.2) is 0 Å². The zero-order valence-corrected chi connectivity index (χ0v) is 15.1. The van der Waals surface area contributed by atoms with E-state index in [9.17, 15) is 4.79 Å². The van der Waals surface area contributed by atoms with Gasteiger partial charge in [-0.3, -0.25) is 14.7 Å². The van der Waals surface area contributed by atoms with Crippen molar-refractivity contribution >= 4 is 17.2 Å². The zero-order valence-electron chi connectivity index (χ0n) is 14.3. The summed E-state index contributed by atoms with van der Waals surface area (Å²) in [5.41, 5.74) is 2.28. The number of carbonyl (C=O) groups is 1. The lowest BCUT2D eigenvalue weighted by atomic mass is 9.89. The molecule has 0 radical (unpaired) electrons. The Bertz CT molecular complexity index is 697. The minimum atomic E-state index is -0.179. The number of morpholine rings is 1. The van der Waals surface area contributed by atoms with E-state index in [1.54, 1.807) is 17.5 Å². The van der Waals surface area contributed by atoms with Crippen molar-refractivity contribution in [3.05, 3.63) is 52.5 Å². The molecule has 0 atom stereocenters. The highest BCUT2D eigenvalue weighted by molar-refractivity contribution is 7.07. The maximum absolute atomic E-state index is 12.3. The molecular weight excluding hydrogens is 334 g/mol. The van der Waals surface area contributed by atoms with Crippen LogP contribution in [-0.2, 0) is 22.6 Å². The maximum Gasteiger partial charge on any atom is 0.248 e. The van der Waals surface area contributed by atoms with Gasteiger partial charge in [0.25, 0.3) is 0 Å². The molecule has 132 valence electrons. The molecule has 0 N–H and O–H groups in total. The highest BCUT2D eigenvalue weighted by Gasteiger charge is 2.42. The van der Waals surface area contributed by atoms with Gasteiger partial charge in [0, 0.05) is 38.6 Å². The molecule has 0 aliphatic carbocycles. The van der Waals surface area contributed by atoms with E-state index < -0.39 is 0 Å². The number of piperidine rings is 1. The fraction of sp³-hybridized carbons (Fsp3) is 0.474. The largest absolute Gasteiger partial charge is 0.363 e. The summed E-state index contributed by atoms with van der Waals surface area (Å²) in [6.07, 6.45) is 5.55. The number of amides is 1. The van der Waals surface area contributed by atoms with Crippen LogP contribution in [0.4, 0.5) is 0 Å². The fourth-order valence-electron chi connectivity index (χ4n) is 3.71. The second-order valence-electron chi connectivity index (χ2n) is 6.99. The van der Waals surface area contributed by atoms with Crippen LogP contribution in [0, 0.1) is 0 Å². The molecule has 1 amide bonds. The van der Waals surface area contributed by atoms with Crippen LogP contribution in [0.25, 0.3) is 0 Å². The first kappa shape index (κ1) is 16.7. The molecule has 4 heterocycles. The third kappa shape index (κ3) is 3.92. The SMILES string of the molecule is O=C1COC2(CCN(Cc3ccsc3)CC2)CN1Cc1cccnc1. The molecule has 2 aromatic heterocycles. The van der Waals surface area contributed by atoms with Crippen LogP contribution in [0.3, 0.4) is 0 Å². The third-order valence-corrected chi connectivity index (χ3v) is 5.92. The van der Waals surface area contributed by atoms with E-state index in [2.05, 4.69) is 26.7 Å². The van der Waals surface area contributed by atoms with Gasteiger partial charge in [-0.1, -0.05) is 6.07 Å². The summed E-state index contributed by atoms with van der Waals surface area (Å²) in [6.45, 7) is 4.56. The Morgan fingerprint density at radius 3 is 2.80 bits per heavy atom. The Hall–Kier alpha value is -1.76. The van der Waals surface area contributed by atoms with Gasteiger partial charge in [0.05, 0.1) is 12.1 Å². The Labute approximate surface area is 152 Å². The van der Waals surface area contributed by atoms with Gasteiger partial charge in [0.1, 0.15) is 6.61 Å². The number of likely N-dealkylation sites (tertiary alicyclic amines) is 1. The average Bonchev–Trinajstić information content (AvgIpc) is 3.15. The molecule has 2 aliphatic rings. The van der Waals surface area contributed by atoms with E-state index in [1.807, 2.05) is 23.2 Å². The minimum absolute atomic E-state index is 0.0789. The van der Waals surface area contributed by atoms with E-state index in [0.29, 0.717) is 13.1 Å². The first-order chi connectivity index (χ1) is 12.2. The first-order valence-corrected chi connectivity index (χ1v) is 9.71.